The van der Waals surface area contributed by atoms with Gasteiger partial charge in [-0.1, -0.05) is 78.9 Å². The van der Waals surface area contributed by atoms with Crippen LogP contribution in [-0.4, -0.2) is 98.1 Å². The number of carboxylic acid groups (broad SMARTS) is 1. The second-order valence-electron chi connectivity index (χ2n) is 15.6. The molecule has 4 atom stereocenters. The van der Waals surface area contributed by atoms with Gasteiger partial charge in [0.25, 0.3) is 0 Å². The Bertz CT molecular complexity index is 2200. The highest BCUT2D eigenvalue weighted by molar-refractivity contribution is 6.01. The van der Waals surface area contributed by atoms with Crippen LogP contribution in [-0.2, 0) is 48.2 Å². The van der Waals surface area contributed by atoms with Crippen LogP contribution in [0.2, 0.25) is 0 Å². The van der Waals surface area contributed by atoms with E-state index in [1.165, 1.54) is 15.7 Å². The fraction of sp³-hybridized carbons (Fsp3) is 0.386. The van der Waals surface area contributed by atoms with Crippen LogP contribution in [0.25, 0.3) is 10.9 Å². The lowest BCUT2D eigenvalue weighted by Gasteiger charge is -2.53. The van der Waals surface area contributed by atoms with Gasteiger partial charge in [0.2, 0.25) is 35.4 Å². The number of hydrogen-bond donors (Lipinski definition) is 4. The summed E-state index contributed by atoms with van der Waals surface area (Å²) in [7, 11) is 1.66. The van der Waals surface area contributed by atoms with Gasteiger partial charge in [0, 0.05) is 50.5 Å². The van der Waals surface area contributed by atoms with Gasteiger partial charge in [0.15, 0.2) is 0 Å². The SMILES string of the molecule is CN(Cc1ccccc1)C(=O)C(Cc1ccccc1)NC(=O)C(Cc1cn(C(=O)CCC(=O)O)c2ccccc12)NC(=O)CC1NC(=O)C2C3CCC(CC3)N2C1=O. The van der Waals surface area contributed by atoms with Crippen molar-refractivity contribution in [1.82, 2.24) is 30.3 Å². The first kappa shape index (κ1) is 39.9. The number of likely N-dealkylation sites (N-methyl/N-ethyl adjacent to an activating group) is 1. The van der Waals surface area contributed by atoms with Gasteiger partial charge in [-0.3, -0.25) is 38.1 Å². The van der Waals surface area contributed by atoms with Gasteiger partial charge in [-0.15, -0.1) is 0 Å². The number of nitrogens with zero attached hydrogens (tertiary/aromatic N) is 3. The monoisotopic (exact) mass is 788 g/mol. The zero-order valence-electron chi connectivity index (χ0n) is 32.3. The van der Waals surface area contributed by atoms with Crippen molar-refractivity contribution in [2.75, 3.05) is 7.05 Å². The van der Waals surface area contributed by atoms with E-state index in [0.717, 1.165) is 36.8 Å². The number of carbonyl (C=O) groups is 7. The normalized spacial score (nSPS) is 20.7. The van der Waals surface area contributed by atoms with Crippen molar-refractivity contribution in [2.24, 2.45) is 5.92 Å². The molecule has 4 heterocycles. The molecule has 0 spiro atoms. The summed E-state index contributed by atoms with van der Waals surface area (Å²) >= 11 is 0. The standard InChI is InChI=1S/C44H48N6O8/c1-48(25-28-12-6-3-7-13-28)43(57)34(22-27-10-4-2-5-11-27)46-41(55)33(23-30-26-49(38(52)20-21-39(53)54)36-15-9-8-14-32(30)36)45-37(51)24-35-44(58)50-31-18-16-29(17-19-31)40(50)42(56)47-35/h2-15,26,29,31,33-35,40H,16-25H2,1H3,(H,45,51)(H,46,55)(H,47,56)(H,53,54). The molecule has 8 rings (SSSR count). The van der Waals surface area contributed by atoms with Gasteiger partial charge in [-0.25, -0.2) is 0 Å². The van der Waals surface area contributed by atoms with Gasteiger partial charge in [-0.2, -0.15) is 0 Å². The third-order valence-electron chi connectivity index (χ3n) is 11.6. The van der Waals surface area contributed by atoms with Crippen LogP contribution < -0.4 is 16.0 Å². The number of para-hydroxylation sites is 1. The molecule has 2 bridgehead atoms. The summed E-state index contributed by atoms with van der Waals surface area (Å²) < 4.78 is 1.35. The molecule has 1 aliphatic carbocycles. The van der Waals surface area contributed by atoms with Gasteiger partial charge < -0.3 is 30.9 Å². The third kappa shape index (κ3) is 8.80. The van der Waals surface area contributed by atoms with Crippen LogP contribution in [0.1, 0.15) is 66.4 Å². The molecule has 4 aromatic rings. The zero-order valence-corrected chi connectivity index (χ0v) is 32.3. The number of aliphatic carboxylic acids is 1. The van der Waals surface area contributed by atoms with Gasteiger partial charge in [0.05, 0.1) is 18.4 Å². The summed E-state index contributed by atoms with van der Waals surface area (Å²) in [5, 5.41) is 18.3. The molecule has 4 aliphatic rings. The maximum atomic E-state index is 14.5. The van der Waals surface area contributed by atoms with E-state index in [2.05, 4.69) is 16.0 Å². The lowest BCUT2D eigenvalue weighted by Crippen LogP contribution is -2.71. The van der Waals surface area contributed by atoms with Crippen LogP contribution in [0.3, 0.4) is 0 Å². The number of piperazine rings is 1. The smallest absolute Gasteiger partial charge is 0.303 e. The predicted molar refractivity (Wildman–Crippen MR) is 213 cm³/mol. The Hall–Kier alpha value is -6.31. The lowest BCUT2D eigenvalue weighted by molar-refractivity contribution is -0.163. The summed E-state index contributed by atoms with van der Waals surface area (Å²) in [4.78, 5) is 97.4. The highest BCUT2D eigenvalue weighted by Gasteiger charge is 2.52. The summed E-state index contributed by atoms with van der Waals surface area (Å²) in [6.45, 7) is 0.289. The quantitative estimate of drug-likeness (QED) is 0.141. The molecule has 58 heavy (non-hydrogen) atoms. The van der Waals surface area contributed by atoms with Crippen molar-refractivity contribution in [2.45, 2.75) is 94.5 Å². The molecule has 14 heteroatoms. The van der Waals surface area contributed by atoms with Gasteiger partial charge in [-0.05, 0) is 54.4 Å². The minimum Gasteiger partial charge on any atom is -0.481 e. The van der Waals surface area contributed by atoms with Crippen molar-refractivity contribution in [3.05, 3.63) is 108 Å². The molecular weight excluding hydrogens is 741 g/mol. The van der Waals surface area contributed by atoms with Gasteiger partial charge >= 0.3 is 5.97 Å². The van der Waals surface area contributed by atoms with Crippen LogP contribution in [0.4, 0.5) is 0 Å². The second-order valence-corrected chi connectivity index (χ2v) is 15.6. The highest BCUT2D eigenvalue weighted by Crippen LogP contribution is 2.41. The highest BCUT2D eigenvalue weighted by atomic mass is 16.4. The largest absolute Gasteiger partial charge is 0.481 e. The van der Waals surface area contributed by atoms with E-state index in [1.54, 1.807) is 36.2 Å². The molecule has 3 aromatic carbocycles. The summed E-state index contributed by atoms with van der Waals surface area (Å²) in [6, 6.07) is 21.6. The Balaban J connectivity index is 1.16. The number of carbonyl (C=O) groups excluding carboxylic acids is 6. The van der Waals surface area contributed by atoms with E-state index in [0.29, 0.717) is 16.5 Å². The van der Waals surface area contributed by atoms with Gasteiger partial charge in [0.1, 0.15) is 24.2 Å². The van der Waals surface area contributed by atoms with Crippen molar-refractivity contribution < 1.29 is 38.7 Å². The Morgan fingerprint density at radius 2 is 1.47 bits per heavy atom. The maximum Gasteiger partial charge on any atom is 0.303 e. The Kier molecular flexibility index (Phi) is 12.0. The number of benzene rings is 3. The fourth-order valence-corrected chi connectivity index (χ4v) is 8.79. The molecule has 302 valence electrons. The van der Waals surface area contributed by atoms with Crippen LogP contribution in [0, 0.1) is 5.92 Å². The first-order chi connectivity index (χ1) is 28.0. The zero-order chi connectivity index (χ0) is 40.9. The Labute approximate surface area is 335 Å². The van der Waals surface area contributed by atoms with E-state index in [9.17, 15) is 38.7 Å². The predicted octanol–water partition coefficient (Wildman–Crippen LogP) is 3.22. The molecule has 4 N–H and O–H groups in total. The molecule has 4 unspecified atom stereocenters. The summed E-state index contributed by atoms with van der Waals surface area (Å²) in [6.07, 6.45) is 3.94. The molecule has 3 aliphatic heterocycles. The fourth-order valence-electron chi connectivity index (χ4n) is 8.79. The topological polar surface area (TPSA) is 187 Å². The first-order valence-electron chi connectivity index (χ1n) is 19.9. The number of hydrogen-bond acceptors (Lipinski definition) is 7. The van der Waals surface area contributed by atoms with E-state index in [4.69, 9.17) is 0 Å². The Morgan fingerprint density at radius 3 is 2.16 bits per heavy atom. The average molecular weight is 789 g/mol. The number of carboxylic acids is 1. The van der Waals surface area contributed by atoms with E-state index < -0.39 is 54.3 Å². The number of aromatic nitrogens is 1. The number of rotatable bonds is 15. The summed E-state index contributed by atoms with van der Waals surface area (Å²) in [5.41, 5.74) is 2.71. The third-order valence-corrected chi connectivity index (χ3v) is 11.6. The molecular formula is C44H48N6O8. The number of fused-ring (bicyclic) bond motifs is 3. The summed E-state index contributed by atoms with van der Waals surface area (Å²) in [5.74, 6) is -3.75. The minimum absolute atomic E-state index is 0.0488. The molecule has 0 radical (unpaired) electrons. The first-order valence-corrected chi connectivity index (χ1v) is 19.9. The molecule has 1 saturated carbocycles. The van der Waals surface area contributed by atoms with E-state index >= 15 is 0 Å². The minimum atomic E-state index is -1.29. The molecule has 4 fully saturated rings. The molecule has 14 nitrogen and oxygen atoms in total. The Morgan fingerprint density at radius 1 is 0.810 bits per heavy atom. The van der Waals surface area contributed by atoms with E-state index in [-0.39, 0.29) is 61.9 Å². The molecule has 1 aromatic heterocycles. The van der Waals surface area contributed by atoms with Crippen LogP contribution >= 0.6 is 0 Å². The maximum absolute atomic E-state index is 14.5. The van der Waals surface area contributed by atoms with Crippen molar-refractivity contribution in [1.29, 1.82) is 0 Å². The number of piperidine rings is 2. The molecule has 5 amide bonds. The van der Waals surface area contributed by atoms with Crippen molar-refractivity contribution in [3.63, 3.8) is 0 Å². The second kappa shape index (κ2) is 17.5. The van der Waals surface area contributed by atoms with Crippen LogP contribution in [0.5, 0.6) is 0 Å². The average Bonchev–Trinajstić information content (AvgIpc) is 3.60. The van der Waals surface area contributed by atoms with Crippen LogP contribution in [0.15, 0.2) is 91.1 Å². The lowest BCUT2D eigenvalue weighted by atomic mass is 9.73. The van der Waals surface area contributed by atoms with Crippen molar-refractivity contribution >= 4 is 52.3 Å². The number of amides is 5. The van der Waals surface area contributed by atoms with Crippen molar-refractivity contribution in [3.8, 4) is 0 Å². The van der Waals surface area contributed by atoms with E-state index in [1.807, 2.05) is 60.7 Å². The number of nitrogens with one attached hydrogen (secondary N) is 3. The molecule has 3 saturated heterocycles.